The van der Waals surface area contributed by atoms with Crippen molar-refractivity contribution < 1.29 is 18.0 Å². The van der Waals surface area contributed by atoms with Crippen molar-refractivity contribution >= 4 is 27.5 Å². The van der Waals surface area contributed by atoms with Crippen molar-refractivity contribution in [2.75, 3.05) is 11.4 Å². The molecule has 1 aliphatic carbocycles. The van der Waals surface area contributed by atoms with E-state index in [-0.39, 0.29) is 30.8 Å². The van der Waals surface area contributed by atoms with Crippen LogP contribution in [0.25, 0.3) is 0 Å². The van der Waals surface area contributed by atoms with Crippen LogP contribution < -0.4 is 15.4 Å². The Morgan fingerprint density at radius 3 is 2.55 bits per heavy atom. The molecule has 1 aliphatic heterocycles. The Labute approximate surface area is 128 Å². The number of carbonyl (C=O) groups excluding carboxylic acids is 2. The van der Waals surface area contributed by atoms with Crippen LogP contribution in [0.15, 0.2) is 24.3 Å². The second-order valence-electron chi connectivity index (χ2n) is 5.68. The number of benzene rings is 1. The molecule has 0 aromatic heterocycles. The summed E-state index contributed by atoms with van der Waals surface area (Å²) in [6.45, 7) is -0.0224. The standard InChI is InChI=1S/C14H17N3O4S/c15-22(20,21)10-7-13(18)17(8-10)12-4-2-1-3-11(12)14(19)16-9-5-6-9/h1-4,9-10H,5-8H2,(H,16,19)(H2,15,20,21). The second-order valence-corrected chi connectivity index (χ2v) is 7.53. The molecule has 7 nitrogen and oxygen atoms in total. The Bertz CT molecular complexity index is 727. The number of hydrogen-bond donors (Lipinski definition) is 2. The average molecular weight is 323 g/mol. The van der Waals surface area contributed by atoms with Crippen LogP contribution in [0.2, 0.25) is 0 Å². The van der Waals surface area contributed by atoms with Gasteiger partial charge in [0, 0.05) is 19.0 Å². The van der Waals surface area contributed by atoms with Gasteiger partial charge < -0.3 is 10.2 Å². The first-order valence-electron chi connectivity index (χ1n) is 7.08. The molecule has 8 heteroatoms. The molecule has 1 aromatic rings. The van der Waals surface area contributed by atoms with Crippen molar-refractivity contribution in [2.24, 2.45) is 5.14 Å². The van der Waals surface area contributed by atoms with Crippen molar-refractivity contribution in [3.63, 3.8) is 0 Å². The minimum atomic E-state index is -3.78. The van der Waals surface area contributed by atoms with E-state index in [1.165, 1.54) is 4.90 Å². The number of hydrogen-bond acceptors (Lipinski definition) is 4. The van der Waals surface area contributed by atoms with Gasteiger partial charge in [0.1, 0.15) is 5.25 Å². The highest BCUT2D eigenvalue weighted by atomic mass is 32.2. The van der Waals surface area contributed by atoms with Gasteiger partial charge in [0.05, 0.1) is 11.3 Å². The van der Waals surface area contributed by atoms with Crippen LogP contribution in [0.4, 0.5) is 5.69 Å². The summed E-state index contributed by atoms with van der Waals surface area (Å²) >= 11 is 0. The van der Waals surface area contributed by atoms with Gasteiger partial charge in [-0.3, -0.25) is 9.59 Å². The summed E-state index contributed by atoms with van der Waals surface area (Å²) in [6, 6.07) is 6.90. The van der Waals surface area contributed by atoms with Crippen molar-refractivity contribution in [1.82, 2.24) is 5.32 Å². The molecule has 0 radical (unpaired) electrons. The number of anilines is 1. The number of amides is 2. The fourth-order valence-electron chi connectivity index (χ4n) is 2.52. The molecule has 1 aromatic carbocycles. The van der Waals surface area contributed by atoms with Gasteiger partial charge in [-0.05, 0) is 25.0 Å². The van der Waals surface area contributed by atoms with Crippen LogP contribution in [0.5, 0.6) is 0 Å². The maximum absolute atomic E-state index is 12.3. The third-order valence-corrected chi connectivity index (χ3v) is 5.15. The summed E-state index contributed by atoms with van der Waals surface area (Å²) in [5.41, 5.74) is 0.801. The van der Waals surface area contributed by atoms with Crippen LogP contribution in [-0.2, 0) is 14.8 Å². The molecule has 2 amide bonds. The SMILES string of the molecule is NS(=O)(=O)C1CC(=O)N(c2ccccc2C(=O)NC2CC2)C1. The van der Waals surface area contributed by atoms with E-state index in [2.05, 4.69) is 5.32 Å². The van der Waals surface area contributed by atoms with Gasteiger partial charge in [-0.2, -0.15) is 0 Å². The minimum Gasteiger partial charge on any atom is -0.349 e. The third kappa shape index (κ3) is 2.97. The van der Waals surface area contributed by atoms with Crippen LogP contribution in [-0.4, -0.2) is 38.1 Å². The molecule has 3 rings (SSSR count). The zero-order valence-corrected chi connectivity index (χ0v) is 12.7. The van der Waals surface area contributed by atoms with Gasteiger partial charge in [0.2, 0.25) is 15.9 Å². The quantitative estimate of drug-likeness (QED) is 0.811. The first-order valence-corrected chi connectivity index (χ1v) is 8.69. The maximum Gasteiger partial charge on any atom is 0.253 e. The van der Waals surface area contributed by atoms with Crippen molar-refractivity contribution in [3.8, 4) is 0 Å². The fourth-order valence-corrected chi connectivity index (χ4v) is 3.25. The number of rotatable bonds is 4. The monoisotopic (exact) mass is 323 g/mol. The number of primary sulfonamides is 1. The van der Waals surface area contributed by atoms with E-state index < -0.39 is 15.3 Å². The lowest BCUT2D eigenvalue weighted by Gasteiger charge is -2.19. The molecule has 22 heavy (non-hydrogen) atoms. The summed E-state index contributed by atoms with van der Waals surface area (Å²) in [7, 11) is -3.78. The van der Waals surface area contributed by atoms with Crippen LogP contribution in [0.3, 0.4) is 0 Å². The Hall–Kier alpha value is -1.93. The van der Waals surface area contributed by atoms with Crippen molar-refractivity contribution in [2.45, 2.75) is 30.6 Å². The predicted molar refractivity (Wildman–Crippen MR) is 80.8 cm³/mol. The minimum absolute atomic E-state index is 0.0224. The van der Waals surface area contributed by atoms with E-state index >= 15 is 0 Å². The van der Waals surface area contributed by atoms with Gasteiger partial charge in [0.25, 0.3) is 5.91 Å². The normalized spacial score (nSPS) is 22.0. The largest absolute Gasteiger partial charge is 0.349 e. The van der Waals surface area contributed by atoms with E-state index in [9.17, 15) is 18.0 Å². The molecule has 2 fully saturated rings. The summed E-state index contributed by atoms with van der Waals surface area (Å²) in [6.07, 6.45) is 1.77. The first kappa shape index (κ1) is 15.0. The van der Waals surface area contributed by atoms with E-state index in [1.807, 2.05) is 0 Å². The first-order chi connectivity index (χ1) is 10.4. The lowest BCUT2D eigenvalue weighted by molar-refractivity contribution is -0.117. The van der Waals surface area contributed by atoms with Gasteiger partial charge >= 0.3 is 0 Å². The molecule has 1 atom stereocenters. The van der Waals surface area contributed by atoms with Crippen LogP contribution in [0.1, 0.15) is 29.6 Å². The highest BCUT2D eigenvalue weighted by Gasteiger charge is 2.38. The molecular formula is C14H17N3O4S. The van der Waals surface area contributed by atoms with Gasteiger partial charge in [-0.15, -0.1) is 0 Å². The van der Waals surface area contributed by atoms with E-state index in [0.29, 0.717) is 11.3 Å². The van der Waals surface area contributed by atoms with Gasteiger partial charge in [-0.1, -0.05) is 12.1 Å². The van der Waals surface area contributed by atoms with Crippen LogP contribution >= 0.6 is 0 Å². The highest BCUT2D eigenvalue weighted by Crippen LogP contribution is 2.28. The topological polar surface area (TPSA) is 110 Å². The zero-order valence-electron chi connectivity index (χ0n) is 11.9. The molecular weight excluding hydrogens is 306 g/mol. The zero-order chi connectivity index (χ0) is 15.9. The number of sulfonamides is 1. The summed E-state index contributed by atoms with van der Waals surface area (Å²) < 4.78 is 22.9. The Balaban J connectivity index is 1.88. The molecule has 1 unspecified atom stereocenters. The number of nitrogens with zero attached hydrogens (tertiary/aromatic N) is 1. The van der Waals surface area contributed by atoms with Gasteiger partial charge in [0.15, 0.2) is 0 Å². The number of nitrogens with two attached hydrogens (primary N) is 1. The van der Waals surface area contributed by atoms with Crippen molar-refractivity contribution in [3.05, 3.63) is 29.8 Å². The molecule has 1 saturated carbocycles. The summed E-state index contributed by atoms with van der Waals surface area (Å²) in [5.74, 6) is -0.587. The molecule has 1 heterocycles. The Morgan fingerprint density at radius 1 is 1.27 bits per heavy atom. The Kier molecular flexibility index (Phi) is 3.65. The van der Waals surface area contributed by atoms with Crippen LogP contribution in [0, 0.1) is 0 Å². The van der Waals surface area contributed by atoms with Gasteiger partial charge in [-0.25, -0.2) is 13.6 Å². The second kappa shape index (κ2) is 5.36. The van der Waals surface area contributed by atoms with E-state index in [0.717, 1.165) is 12.8 Å². The number of nitrogens with one attached hydrogen (secondary N) is 1. The number of carbonyl (C=O) groups is 2. The molecule has 0 spiro atoms. The Morgan fingerprint density at radius 2 is 1.95 bits per heavy atom. The third-order valence-electron chi connectivity index (χ3n) is 3.91. The summed E-state index contributed by atoms with van der Waals surface area (Å²) in [5, 5.41) is 7.07. The predicted octanol–water partition coefficient (Wildman–Crippen LogP) is -0.0274. The molecule has 0 bridgehead atoms. The lowest BCUT2D eigenvalue weighted by atomic mass is 10.1. The van der Waals surface area contributed by atoms with Crippen molar-refractivity contribution in [1.29, 1.82) is 0 Å². The van der Waals surface area contributed by atoms with E-state index in [1.54, 1.807) is 24.3 Å². The summed E-state index contributed by atoms with van der Waals surface area (Å²) in [4.78, 5) is 25.7. The highest BCUT2D eigenvalue weighted by molar-refractivity contribution is 7.89. The maximum atomic E-state index is 12.3. The fraction of sp³-hybridized carbons (Fsp3) is 0.429. The molecule has 3 N–H and O–H groups in total. The van der Waals surface area contributed by atoms with E-state index in [4.69, 9.17) is 5.14 Å². The molecule has 2 aliphatic rings. The number of para-hydroxylation sites is 1. The molecule has 1 saturated heterocycles. The smallest absolute Gasteiger partial charge is 0.253 e. The lowest BCUT2D eigenvalue weighted by Crippen LogP contribution is -2.34. The average Bonchev–Trinajstić information content (AvgIpc) is 3.17. The molecule has 118 valence electrons.